The fourth-order valence-electron chi connectivity index (χ4n) is 1.81. The van der Waals surface area contributed by atoms with Crippen LogP contribution in [0.3, 0.4) is 0 Å². The van der Waals surface area contributed by atoms with Crippen molar-refractivity contribution in [2.24, 2.45) is 0 Å². The fraction of sp³-hybridized carbons (Fsp3) is 0.538. The summed E-state index contributed by atoms with van der Waals surface area (Å²) in [6.07, 6.45) is 2.41. The lowest BCUT2D eigenvalue weighted by Gasteiger charge is -2.19. The van der Waals surface area contributed by atoms with E-state index in [0.29, 0.717) is 18.7 Å². The van der Waals surface area contributed by atoms with Gasteiger partial charge >= 0.3 is 5.97 Å². The summed E-state index contributed by atoms with van der Waals surface area (Å²) in [4.78, 5) is 24.3. The van der Waals surface area contributed by atoms with Gasteiger partial charge in [0.1, 0.15) is 5.69 Å². The van der Waals surface area contributed by atoms with Gasteiger partial charge in [-0.2, -0.15) is 0 Å². The summed E-state index contributed by atoms with van der Waals surface area (Å²) in [5.74, 6) is -0.932. The number of carbonyl (C=O) groups excluding carboxylic acids is 1. The third-order valence-corrected chi connectivity index (χ3v) is 3.26. The number of aromatic nitrogens is 1. The lowest BCUT2D eigenvalue weighted by molar-refractivity contribution is -0.137. The Labute approximate surface area is 121 Å². The van der Waals surface area contributed by atoms with Gasteiger partial charge < -0.3 is 14.6 Å². The highest BCUT2D eigenvalue weighted by molar-refractivity contribution is 9.10. The Hall–Kier alpha value is -1.30. The van der Waals surface area contributed by atoms with Crippen LogP contribution in [0.2, 0.25) is 0 Å². The minimum absolute atomic E-state index is 0.0759. The van der Waals surface area contributed by atoms with Crippen molar-refractivity contribution in [1.29, 1.82) is 0 Å². The van der Waals surface area contributed by atoms with Crippen LogP contribution < -0.4 is 0 Å². The van der Waals surface area contributed by atoms with E-state index in [4.69, 9.17) is 5.11 Å². The third-order valence-electron chi connectivity index (χ3n) is 2.82. The Morgan fingerprint density at radius 1 is 1.47 bits per heavy atom. The zero-order valence-electron chi connectivity index (χ0n) is 11.4. The Balaban J connectivity index is 2.74. The number of nitrogens with zero attached hydrogens (tertiary/aromatic N) is 2. The molecule has 0 radical (unpaired) electrons. The predicted octanol–water partition coefficient (Wildman–Crippen LogP) is 2.77. The van der Waals surface area contributed by atoms with Gasteiger partial charge in [-0.3, -0.25) is 9.59 Å². The molecule has 0 aromatic carbocycles. The summed E-state index contributed by atoms with van der Waals surface area (Å²) in [6, 6.07) is 1.98. The topological polar surface area (TPSA) is 62.5 Å². The molecular formula is C13H19BrN2O3. The first-order chi connectivity index (χ1) is 8.82. The van der Waals surface area contributed by atoms with Crippen molar-refractivity contribution < 1.29 is 14.7 Å². The normalized spacial score (nSPS) is 10.8. The summed E-state index contributed by atoms with van der Waals surface area (Å²) in [5.41, 5.74) is 0.611. The van der Waals surface area contributed by atoms with E-state index in [9.17, 15) is 9.59 Å². The minimum atomic E-state index is -0.839. The van der Waals surface area contributed by atoms with Gasteiger partial charge in [0.25, 0.3) is 5.91 Å². The fourth-order valence-corrected chi connectivity index (χ4v) is 2.25. The van der Waals surface area contributed by atoms with E-state index in [-0.39, 0.29) is 18.4 Å². The first-order valence-electron chi connectivity index (χ1n) is 6.17. The Morgan fingerprint density at radius 2 is 2.11 bits per heavy atom. The van der Waals surface area contributed by atoms with Gasteiger partial charge in [0.2, 0.25) is 0 Å². The first kappa shape index (κ1) is 15.8. The third kappa shape index (κ3) is 4.38. The quantitative estimate of drug-likeness (QED) is 0.872. The number of hydrogen-bond donors (Lipinski definition) is 1. The zero-order chi connectivity index (χ0) is 14.6. The highest BCUT2D eigenvalue weighted by Crippen LogP contribution is 2.20. The molecule has 0 spiro atoms. The summed E-state index contributed by atoms with van der Waals surface area (Å²) in [5, 5.41) is 8.59. The molecule has 0 saturated carbocycles. The molecule has 0 atom stereocenters. The number of hydrogen-bond acceptors (Lipinski definition) is 2. The van der Waals surface area contributed by atoms with Crippen molar-refractivity contribution in [1.82, 2.24) is 9.47 Å². The number of aliphatic carboxylic acids is 1. The molecule has 0 aliphatic carbocycles. The van der Waals surface area contributed by atoms with Crippen LogP contribution in [0.25, 0.3) is 0 Å². The number of carboxylic acid groups (broad SMARTS) is 1. The molecule has 0 saturated heterocycles. The maximum atomic E-state index is 12.3. The van der Waals surface area contributed by atoms with Crippen LogP contribution in [0.4, 0.5) is 0 Å². The lowest BCUT2D eigenvalue weighted by Crippen LogP contribution is -2.30. The van der Waals surface area contributed by atoms with Crippen molar-refractivity contribution in [3.8, 4) is 0 Å². The molecule has 0 fully saturated rings. The number of carbonyl (C=O) groups is 2. The van der Waals surface area contributed by atoms with E-state index < -0.39 is 5.97 Å². The largest absolute Gasteiger partial charge is 0.481 e. The minimum Gasteiger partial charge on any atom is -0.481 e. The SMILES string of the molecule is CC(C)n1cc(Br)cc1C(=O)N(C)CCCC(=O)O. The number of rotatable bonds is 6. The lowest BCUT2D eigenvalue weighted by atomic mass is 10.2. The van der Waals surface area contributed by atoms with Crippen LogP contribution in [-0.4, -0.2) is 40.0 Å². The highest BCUT2D eigenvalue weighted by atomic mass is 79.9. The van der Waals surface area contributed by atoms with Gasteiger partial charge in [-0.1, -0.05) is 0 Å². The summed E-state index contributed by atoms with van der Waals surface area (Å²) in [7, 11) is 1.69. The van der Waals surface area contributed by atoms with Crippen molar-refractivity contribution in [3.63, 3.8) is 0 Å². The molecule has 1 rings (SSSR count). The second kappa shape index (κ2) is 6.75. The standard InChI is InChI=1S/C13H19BrN2O3/c1-9(2)16-8-10(14)7-11(16)13(19)15(3)6-4-5-12(17)18/h7-9H,4-6H2,1-3H3,(H,17,18). The molecule has 1 heterocycles. The van der Waals surface area contributed by atoms with Crippen LogP contribution in [0.15, 0.2) is 16.7 Å². The second-order valence-corrected chi connectivity index (χ2v) is 5.68. The summed E-state index contributed by atoms with van der Waals surface area (Å²) >= 11 is 3.37. The second-order valence-electron chi connectivity index (χ2n) is 4.77. The van der Waals surface area contributed by atoms with Crippen molar-refractivity contribution in [2.45, 2.75) is 32.7 Å². The molecule has 0 bridgehead atoms. The van der Waals surface area contributed by atoms with Gasteiger partial charge in [0, 0.05) is 36.7 Å². The average molecular weight is 331 g/mol. The van der Waals surface area contributed by atoms with Gasteiger partial charge in [-0.05, 0) is 42.3 Å². The molecular weight excluding hydrogens is 312 g/mol. The van der Waals surface area contributed by atoms with E-state index in [1.165, 1.54) is 0 Å². The molecule has 6 heteroatoms. The van der Waals surface area contributed by atoms with E-state index >= 15 is 0 Å². The first-order valence-corrected chi connectivity index (χ1v) is 6.97. The van der Waals surface area contributed by atoms with Crippen LogP contribution in [0.1, 0.15) is 43.2 Å². The monoisotopic (exact) mass is 330 g/mol. The number of amides is 1. The van der Waals surface area contributed by atoms with E-state index in [1.807, 2.05) is 24.6 Å². The molecule has 5 nitrogen and oxygen atoms in total. The number of carboxylic acids is 1. The molecule has 19 heavy (non-hydrogen) atoms. The molecule has 106 valence electrons. The predicted molar refractivity (Wildman–Crippen MR) is 76.3 cm³/mol. The molecule has 0 aliphatic heterocycles. The van der Waals surface area contributed by atoms with E-state index in [2.05, 4.69) is 15.9 Å². The van der Waals surface area contributed by atoms with Gasteiger partial charge in [-0.15, -0.1) is 0 Å². The van der Waals surface area contributed by atoms with Crippen molar-refractivity contribution >= 4 is 27.8 Å². The Morgan fingerprint density at radius 3 is 2.63 bits per heavy atom. The van der Waals surface area contributed by atoms with Gasteiger partial charge in [0.05, 0.1) is 0 Å². The van der Waals surface area contributed by atoms with E-state index in [0.717, 1.165) is 4.47 Å². The highest BCUT2D eigenvalue weighted by Gasteiger charge is 2.18. The molecule has 1 N–H and O–H groups in total. The van der Waals surface area contributed by atoms with E-state index in [1.54, 1.807) is 18.0 Å². The summed E-state index contributed by atoms with van der Waals surface area (Å²) < 4.78 is 2.77. The smallest absolute Gasteiger partial charge is 0.303 e. The van der Waals surface area contributed by atoms with Crippen LogP contribution >= 0.6 is 15.9 Å². The average Bonchev–Trinajstić information content (AvgIpc) is 2.69. The van der Waals surface area contributed by atoms with Gasteiger partial charge in [-0.25, -0.2) is 0 Å². The molecule has 1 aromatic rings. The Kier molecular flexibility index (Phi) is 5.60. The molecule has 0 aliphatic rings. The van der Waals surface area contributed by atoms with Crippen LogP contribution in [-0.2, 0) is 4.79 Å². The van der Waals surface area contributed by atoms with Crippen LogP contribution in [0, 0.1) is 0 Å². The van der Waals surface area contributed by atoms with Crippen molar-refractivity contribution in [3.05, 3.63) is 22.4 Å². The molecule has 0 unspecified atom stereocenters. The maximum Gasteiger partial charge on any atom is 0.303 e. The number of halogens is 1. The molecule has 1 aromatic heterocycles. The summed E-state index contributed by atoms with van der Waals surface area (Å²) in [6.45, 7) is 4.45. The van der Waals surface area contributed by atoms with Crippen LogP contribution in [0.5, 0.6) is 0 Å². The Bertz CT molecular complexity index is 468. The maximum absolute atomic E-state index is 12.3. The molecule has 1 amide bonds. The zero-order valence-corrected chi connectivity index (χ0v) is 13.0. The van der Waals surface area contributed by atoms with Gasteiger partial charge in [0.15, 0.2) is 0 Å². The van der Waals surface area contributed by atoms with Crippen molar-refractivity contribution in [2.75, 3.05) is 13.6 Å².